The first-order chi connectivity index (χ1) is 8.86. The normalized spacial score (nSPS) is 11.6. The number of halogens is 1. The summed E-state index contributed by atoms with van der Waals surface area (Å²) in [5, 5.41) is 7.82. The van der Waals surface area contributed by atoms with Gasteiger partial charge in [0.1, 0.15) is 5.82 Å². The fourth-order valence-corrected chi connectivity index (χ4v) is 2.06. The van der Waals surface area contributed by atoms with Gasteiger partial charge in [0, 0.05) is 36.5 Å². The average Bonchev–Trinajstić information content (AvgIpc) is 2.70. The zero-order chi connectivity index (χ0) is 14.0. The summed E-state index contributed by atoms with van der Waals surface area (Å²) >= 11 is 0. The summed E-state index contributed by atoms with van der Waals surface area (Å²) in [5.74, 6) is -0.220. The van der Waals surface area contributed by atoms with E-state index in [9.17, 15) is 4.39 Å². The van der Waals surface area contributed by atoms with Gasteiger partial charge in [0.15, 0.2) is 0 Å². The van der Waals surface area contributed by atoms with Crippen LogP contribution in [0.1, 0.15) is 32.0 Å². The van der Waals surface area contributed by atoms with Crippen molar-refractivity contribution in [3.05, 3.63) is 47.5 Å². The van der Waals surface area contributed by atoms with Gasteiger partial charge in [-0.1, -0.05) is 20.8 Å². The Hall–Kier alpha value is -1.84. The Bertz CT molecular complexity index is 550. The molecular weight excluding hydrogens is 241 g/mol. The minimum Gasteiger partial charge on any atom is -0.381 e. The summed E-state index contributed by atoms with van der Waals surface area (Å²) in [6, 6.07) is 6.39. The first kappa shape index (κ1) is 13.6. The molecule has 102 valence electrons. The molecule has 0 radical (unpaired) electrons. The van der Waals surface area contributed by atoms with Crippen LogP contribution in [0.4, 0.5) is 10.1 Å². The van der Waals surface area contributed by atoms with Crippen molar-refractivity contribution in [3.63, 3.8) is 0 Å². The van der Waals surface area contributed by atoms with Crippen molar-refractivity contribution < 1.29 is 4.39 Å². The highest BCUT2D eigenvalue weighted by Crippen LogP contribution is 2.24. The molecule has 0 spiro atoms. The van der Waals surface area contributed by atoms with Crippen molar-refractivity contribution in [2.45, 2.75) is 32.7 Å². The average molecular weight is 261 g/mol. The number of aryl methyl sites for hydroxylation is 1. The van der Waals surface area contributed by atoms with Crippen LogP contribution < -0.4 is 5.32 Å². The van der Waals surface area contributed by atoms with Crippen LogP contribution >= 0.6 is 0 Å². The first-order valence-corrected chi connectivity index (χ1v) is 6.39. The Labute approximate surface area is 113 Å². The molecule has 0 aliphatic heterocycles. The third kappa shape index (κ3) is 3.34. The van der Waals surface area contributed by atoms with E-state index in [1.54, 1.807) is 12.1 Å². The summed E-state index contributed by atoms with van der Waals surface area (Å²) in [6.45, 7) is 7.14. The topological polar surface area (TPSA) is 29.9 Å². The van der Waals surface area contributed by atoms with Gasteiger partial charge in [0.2, 0.25) is 0 Å². The molecule has 0 unspecified atom stereocenters. The van der Waals surface area contributed by atoms with Gasteiger partial charge < -0.3 is 5.32 Å². The van der Waals surface area contributed by atoms with Crippen LogP contribution in [0.25, 0.3) is 0 Å². The largest absolute Gasteiger partial charge is 0.381 e. The Morgan fingerprint density at radius 2 is 1.84 bits per heavy atom. The number of rotatable bonds is 3. The van der Waals surface area contributed by atoms with Gasteiger partial charge in [-0.2, -0.15) is 5.10 Å². The minimum absolute atomic E-state index is 0.0149. The maximum Gasteiger partial charge on any atom is 0.123 e. The summed E-state index contributed by atoms with van der Waals surface area (Å²) in [5.41, 5.74) is 3.18. The molecule has 1 N–H and O–H groups in total. The van der Waals surface area contributed by atoms with Crippen molar-refractivity contribution in [1.82, 2.24) is 9.78 Å². The minimum atomic E-state index is -0.220. The van der Waals surface area contributed by atoms with Gasteiger partial charge in [-0.15, -0.1) is 0 Å². The highest BCUT2D eigenvalue weighted by Gasteiger charge is 2.21. The molecule has 2 aromatic rings. The van der Waals surface area contributed by atoms with Crippen LogP contribution in [0, 0.1) is 5.82 Å². The fraction of sp³-hybridized carbons (Fsp3) is 0.400. The van der Waals surface area contributed by atoms with E-state index in [1.165, 1.54) is 17.7 Å². The maximum absolute atomic E-state index is 12.8. The zero-order valence-electron chi connectivity index (χ0n) is 11.9. The molecule has 3 nitrogen and oxygen atoms in total. The highest BCUT2D eigenvalue weighted by molar-refractivity contribution is 5.44. The molecule has 0 saturated carbocycles. The summed E-state index contributed by atoms with van der Waals surface area (Å²) in [4.78, 5) is 0. The van der Waals surface area contributed by atoms with Gasteiger partial charge in [-0.3, -0.25) is 4.68 Å². The second-order valence-corrected chi connectivity index (χ2v) is 5.79. The van der Waals surface area contributed by atoms with E-state index in [-0.39, 0.29) is 11.2 Å². The molecule has 1 aromatic heterocycles. The van der Waals surface area contributed by atoms with E-state index >= 15 is 0 Å². The second kappa shape index (κ2) is 5.03. The van der Waals surface area contributed by atoms with Crippen molar-refractivity contribution in [1.29, 1.82) is 0 Å². The van der Waals surface area contributed by atoms with E-state index in [2.05, 4.69) is 31.2 Å². The lowest BCUT2D eigenvalue weighted by molar-refractivity contribution is 0.549. The van der Waals surface area contributed by atoms with E-state index in [4.69, 9.17) is 0 Å². The Kier molecular flexibility index (Phi) is 3.60. The fourth-order valence-electron chi connectivity index (χ4n) is 2.06. The first-order valence-electron chi connectivity index (χ1n) is 6.39. The Morgan fingerprint density at radius 3 is 2.42 bits per heavy atom. The highest BCUT2D eigenvalue weighted by atomic mass is 19.1. The molecule has 0 aliphatic rings. The lowest BCUT2D eigenvalue weighted by atomic mass is 9.89. The number of anilines is 1. The monoisotopic (exact) mass is 261 g/mol. The van der Waals surface area contributed by atoms with Crippen molar-refractivity contribution in [2.75, 3.05) is 5.32 Å². The van der Waals surface area contributed by atoms with Gasteiger partial charge in [0.25, 0.3) is 0 Å². The number of nitrogens with zero attached hydrogens (tertiary/aromatic N) is 2. The number of hydrogen-bond donors (Lipinski definition) is 1. The Balaban J connectivity index is 2.13. The summed E-state index contributed by atoms with van der Waals surface area (Å²) in [6.07, 6.45) is 2.02. The van der Waals surface area contributed by atoms with Crippen LogP contribution in [0.5, 0.6) is 0 Å². The van der Waals surface area contributed by atoms with Crippen LogP contribution in [-0.2, 0) is 19.0 Å². The lowest BCUT2D eigenvalue weighted by Crippen LogP contribution is -2.16. The quantitative estimate of drug-likeness (QED) is 0.917. The van der Waals surface area contributed by atoms with Crippen molar-refractivity contribution >= 4 is 5.69 Å². The molecule has 0 fully saturated rings. The van der Waals surface area contributed by atoms with Crippen LogP contribution in [0.3, 0.4) is 0 Å². The van der Waals surface area contributed by atoms with Gasteiger partial charge in [0.05, 0.1) is 5.69 Å². The molecule has 4 heteroatoms. The zero-order valence-corrected chi connectivity index (χ0v) is 11.9. The van der Waals surface area contributed by atoms with Crippen molar-refractivity contribution in [2.24, 2.45) is 7.05 Å². The van der Waals surface area contributed by atoms with E-state index in [1.807, 2.05) is 17.9 Å². The van der Waals surface area contributed by atoms with E-state index in [0.29, 0.717) is 6.54 Å². The maximum atomic E-state index is 12.8. The lowest BCUT2D eigenvalue weighted by Gasteiger charge is -2.17. The molecule has 19 heavy (non-hydrogen) atoms. The number of benzene rings is 1. The smallest absolute Gasteiger partial charge is 0.123 e. The molecule has 1 heterocycles. The molecular formula is C15H20FN3. The molecule has 0 atom stereocenters. The molecule has 0 saturated heterocycles. The van der Waals surface area contributed by atoms with E-state index in [0.717, 1.165) is 11.4 Å². The third-order valence-corrected chi connectivity index (χ3v) is 2.94. The number of hydrogen-bond acceptors (Lipinski definition) is 2. The van der Waals surface area contributed by atoms with E-state index < -0.39 is 0 Å². The third-order valence-electron chi connectivity index (χ3n) is 2.94. The predicted octanol–water partition coefficient (Wildman–Crippen LogP) is 3.47. The number of nitrogens with one attached hydrogen (secondary N) is 1. The Morgan fingerprint density at radius 1 is 1.21 bits per heavy atom. The van der Waals surface area contributed by atoms with Gasteiger partial charge in [-0.25, -0.2) is 4.39 Å². The van der Waals surface area contributed by atoms with Gasteiger partial charge in [-0.05, 0) is 24.3 Å². The molecule has 2 rings (SSSR count). The number of aromatic nitrogens is 2. The van der Waals surface area contributed by atoms with Gasteiger partial charge >= 0.3 is 0 Å². The standard InChI is InChI=1S/C15H20FN3/c1-15(2,3)14-11(10-19(4)18-14)9-17-13-7-5-12(16)6-8-13/h5-8,10,17H,9H2,1-4H3. The molecule has 1 aromatic carbocycles. The molecule has 0 bridgehead atoms. The van der Waals surface area contributed by atoms with Crippen LogP contribution in [0.15, 0.2) is 30.5 Å². The summed E-state index contributed by atoms with van der Waals surface area (Å²) < 4.78 is 14.7. The predicted molar refractivity (Wildman–Crippen MR) is 75.6 cm³/mol. The van der Waals surface area contributed by atoms with Crippen LogP contribution in [-0.4, -0.2) is 9.78 Å². The summed E-state index contributed by atoms with van der Waals surface area (Å²) in [7, 11) is 1.93. The SMILES string of the molecule is Cn1cc(CNc2ccc(F)cc2)c(C(C)(C)C)n1. The molecule has 0 aliphatic carbocycles. The second-order valence-electron chi connectivity index (χ2n) is 5.79. The van der Waals surface area contributed by atoms with Crippen molar-refractivity contribution in [3.8, 4) is 0 Å². The molecule has 0 amide bonds. The van der Waals surface area contributed by atoms with Crippen LogP contribution in [0.2, 0.25) is 0 Å².